The van der Waals surface area contributed by atoms with Crippen LogP contribution < -0.4 is 15.5 Å². The lowest BCUT2D eigenvalue weighted by atomic mass is 9.99. The van der Waals surface area contributed by atoms with E-state index in [2.05, 4.69) is 46.7 Å². The minimum Gasteiger partial charge on any atom is -0.381 e. The number of nitrogens with one attached hydrogen (secondary N) is 2. The van der Waals surface area contributed by atoms with Crippen molar-refractivity contribution in [3.05, 3.63) is 29.8 Å². The van der Waals surface area contributed by atoms with Gasteiger partial charge in [0.05, 0.1) is 11.3 Å². The Balaban J connectivity index is 1.68. The number of hydrogen-bond acceptors (Lipinski definition) is 5. The van der Waals surface area contributed by atoms with Gasteiger partial charge >= 0.3 is 0 Å². The third-order valence-electron chi connectivity index (χ3n) is 6.22. The number of guanidine groups is 1. The molecule has 168 valence electrons. The smallest absolute Gasteiger partial charge is 0.191 e. The maximum Gasteiger partial charge on any atom is 0.191 e. The van der Waals surface area contributed by atoms with Crippen molar-refractivity contribution < 1.29 is 13.2 Å². The highest BCUT2D eigenvalue weighted by Gasteiger charge is 2.42. The van der Waals surface area contributed by atoms with Crippen LogP contribution in [-0.2, 0) is 14.6 Å². The standard InChI is InChI=1S/C22H36N4O3S/c1-4-23-21(24-17-22(30(3,27)28)11-14-29-15-12-22)25-19-6-5-13-26(16-19)20-9-7-18(2)8-10-20/h7-10,19H,4-6,11-17H2,1-3H3,(H2,23,24,25). The van der Waals surface area contributed by atoms with Crippen LogP contribution in [0.5, 0.6) is 0 Å². The van der Waals surface area contributed by atoms with E-state index in [1.807, 2.05) is 6.92 Å². The molecule has 2 aliphatic rings. The molecule has 1 aromatic rings. The first-order valence-corrected chi connectivity index (χ1v) is 12.9. The van der Waals surface area contributed by atoms with Crippen molar-refractivity contribution >= 4 is 21.5 Å². The molecule has 2 heterocycles. The Bertz CT molecular complexity index is 817. The van der Waals surface area contributed by atoms with E-state index < -0.39 is 14.6 Å². The molecule has 2 N–H and O–H groups in total. The van der Waals surface area contributed by atoms with E-state index in [9.17, 15) is 8.42 Å². The summed E-state index contributed by atoms with van der Waals surface area (Å²) in [6.45, 7) is 8.02. The number of ether oxygens (including phenoxy) is 1. The lowest BCUT2D eigenvalue weighted by molar-refractivity contribution is 0.0768. The monoisotopic (exact) mass is 436 g/mol. The van der Waals surface area contributed by atoms with Crippen LogP contribution in [0.1, 0.15) is 38.2 Å². The largest absolute Gasteiger partial charge is 0.381 e. The molecule has 3 rings (SSSR count). The molecular weight excluding hydrogens is 400 g/mol. The van der Waals surface area contributed by atoms with Gasteiger partial charge in [-0.15, -0.1) is 0 Å². The Kier molecular flexibility index (Phi) is 7.63. The van der Waals surface area contributed by atoms with Crippen molar-refractivity contribution in [3.8, 4) is 0 Å². The number of aliphatic imine (C=N–C) groups is 1. The van der Waals surface area contributed by atoms with Crippen LogP contribution in [0.25, 0.3) is 0 Å². The molecule has 0 radical (unpaired) electrons. The van der Waals surface area contributed by atoms with Crippen LogP contribution in [0.2, 0.25) is 0 Å². The summed E-state index contributed by atoms with van der Waals surface area (Å²) in [7, 11) is -3.23. The summed E-state index contributed by atoms with van der Waals surface area (Å²) in [5, 5.41) is 6.84. The van der Waals surface area contributed by atoms with Crippen LogP contribution >= 0.6 is 0 Å². The number of benzene rings is 1. The summed E-state index contributed by atoms with van der Waals surface area (Å²) < 4.78 is 29.6. The van der Waals surface area contributed by atoms with Crippen LogP contribution in [0.3, 0.4) is 0 Å². The normalized spacial score (nSPS) is 22.6. The van der Waals surface area contributed by atoms with Crippen molar-refractivity contribution in [3.63, 3.8) is 0 Å². The molecule has 0 amide bonds. The summed E-state index contributed by atoms with van der Waals surface area (Å²) in [4.78, 5) is 7.12. The highest BCUT2D eigenvalue weighted by atomic mass is 32.2. The molecule has 1 aromatic carbocycles. The van der Waals surface area contributed by atoms with E-state index >= 15 is 0 Å². The second kappa shape index (κ2) is 10.0. The number of piperidine rings is 1. The average Bonchev–Trinajstić information content (AvgIpc) is 2.73. The van der Waals surface area contributed by atoms with Gasteiger partial charge in [-0.1, -0.05) is 17.7 Å². The summed E-state index contributed by atoms with van der Waals surface area (Å²) in [5.41, 5.74) is 2.51. The maximum absolute atomic E-state index is 12.5. The summed E-state index contributed by atoms with van der Waals surface area (Å²) >= 11 is 0. The molecule has 8 heteroatoms. The lowest BCUT2D eigenvalue weighted by Crippen LogP contribution is -2.52. The Hall–Kier alpha value is -1.80. The second-order valence-electron chi connectivity index (χ2n) is 8.53. The van der Waals surface area contributed by atoms with E-state index in [0.29, 0.717) is 32.0 Å². The molecule has 1 atom stereocenters. The molecule has 1 unspecified atom stereocenters. The van der Waals surface area contributed by atoms with Gasteiger partial charge in [0.15, 0.2) is 15.8 Å². The van der Waals surface area contributed by atoms with Gasteiger partial charge in [0.25, 0.3) is 0 Å². The Morgan fingerprint density at radius 1 is 1.27 bits per heavy atom. The fourth-order valence-electron chi connectivity index (χ4n) is 4.21. The predicted molar refractivity (Wildman–Crippen MR) is 123 cm³/mol. The minimum absolute atomic E-state index is 0.263. The highest BCUT2D eigenvalue weighted by molar-refractivity contribution is 7.92. The number of hydrogen-bond donors (Lipinski definition) is 2. The van der Waals surface area contributed by atoms with Crippen molar-refractivity contribution in [2.24, 2.45) is 4.99 Å². The molecular formula is C22H36N4O3S. The minimum atomic E-state index is -3.23. The van der Waals surface area contributed by atoms with Gasteiger partial charge in [-0.3, -0.25) is 4.99 Å². The van der Waals surface area contributed by atoms with Crippen LogP contribution in [-0.4, -0.2) is 70.8 Å². The first-order valence-electron chi connectivity index (χ1n) is 11.0. The van der Waals surface area contributed by atoms with Crippen molar-refractivity contribution in [2.75, 3.05) is 50.5 Å². The molecule has 30 heavy (non-hydrogen) atoms. The Morgan fingerprint density at radius 3 is 2.60 bits per heavy atom. The Labute approximate surface area is 181 Å². The molecule has 0 spiro atoms. The third-order valence-corrected chi connectivity index (χ3v) is 8.33. The van der Waals surface area contributed by atoms with Gasteiger partial charge in [0, 0.05) is 50.8 Å². The Morgan fingerprint density at radius 2 is 1.97 bits per heavy atom. The van der Waals surface area contributed by atoms with Crippen molar-refractivity contribution in [1.29, 1.82) is 0 Å². The molecule has 2 fully saturated rings. The number of sulfone groups is 1. The first-order chi connectivity index (χ1) is 14.3. The summed E-state index contributed by atoms with van der Waals surface area (Å²) in [5.74, 6) is 0.697. The number of aryl methyl sites for hydroxylation is 1. The van der Waals surface area contributed by atoms with Crippen LogP contribution in [0, 0.1) is 6.92 Å². The second-order valence-corrected chi connectivity index (χ2v) is 10.9. The quantitative estimate of drug-likeness (QED) is 0.525. The molecule has 0 saturated carbocycles. The van der Waals surface area contributed by atoms with Gasteiger partial charge in [-0.05, 0) is 51.7 Å². The molecule has 0 bridgehead atoms. The van der Waals surface area contributed by atoms with Gasteiger partial charge < -0.3 is 20.3 Å². The predicted octanol–water partition coefficient (Wildman–Crippen LogP) is 2.11. The molecule has 2 aliphatic heterocycles. The first kappa shape index (κ1) is 22.9. The fourth-order valence-corrected chi connectivity index (χ4v) is 5.42. The summed E-state index contributed by atoms with van der Waals surface area (Å²) in [6.07, 6.45) is 4.50. The maximum atomic E-state index is 12.5. The lowest BCUT2D eigenvalue weighted by Gasteiger charge is -2.36. The van der Waals surface area contributed by atoms with Gasteiger partial charge in [-0.25, -0.2) is 8.42 Å². The zero-order valence-electron chi connectivity index (χ0n) is 18.5. The molecule has 0 aromatic heterocycles. The molecule has 2 saturated heterocycles. The van der Waals surface area contributed by atoms with Crippen molar-refractivity contribution in [2.45, 2.75) is 50.3 Å². The van der Waals surface area contributed by atoms with Crippen molar-refractivity contribution in [1.82, 2.24) is 10.6 Å². The van der Waals surface area contributed by atoms with E-state index in [-0.39, 0.29) is 12.6 Å². The van der Waals surface area contributed by atoms with Gasteiger partial charge in [-0.2, -0.15) is 0 Å². The van der Waals surface area contributed by atoms with E-state index in [1.165, 1.54) is 17.5 Å². The third kappa shape index (κ3) is 5.66. The van der Waals surface area contributed by atoms with Crippen LogP contribution in [0.4, 0.5) is 5.69 Å². The van der Waals surface area contributed by atoms with Gasteiger partial charge in [0.1, 0.15) is 0 Å². The highest BCUT2D eigenvalue weighted by Crippen LogP contribution is 2.29. The average molecular weight is 437 g/mol. The van der Waals surface area contributed by atoms with E-state index in [4.69, 9.17) is 9.73 Å². The van der Waals surface area contributed by atoms with E-state index in [0.717, 1.165) is 32.5 Å². The summed E-state index contributed by atoms with van der Waals surface area (Å²) in [6, 6.07) is 8.92. The zero-order chi connectivity index (χ0) is 21.6. The van der Waals surface area contributed by atoms with E-state index in [1.54, 1.807) is 0 Å². The van der Waals surface area contributed by atoms with Gasteiger partial charge in [0.2, 0.25) is 0 Å². The van der Waals surface area contributed by atoms with Crippen LogP contribution in [0.15, 0.2) is 29.3 Å². The molecule has 0 aliphatic carbocycles. The number of rotatable bonds is 6. The SMILES string of the molecule is CCNC(=NCC1(S(C)(=O)=O)CCOCC1)NC1CCCN(c2ccc(C)cc2)C1. The molecule has 7 nitrogen and oxygen atoms in total. The number of anilines is 1. The zero-order valence-corrected chi connectivity index (χ0v) is 19.3. The topological polar surface area (TPSA) is 83.0 Å². The number of nitrogens with zero attached hydrogens (tertiary/aromatic N) is 2. The fraction of sp³-hybridized carbons (Fsp3) is 0.682.